The molecule has 0 amide bonds. The number of aromatic nitrogens is 1. The molecule has 0 bridgehead atoms. The molecular formula is C19H16IN3O3S2. The first-order valence-electron chi connectivity index (χ1n) is 8.54. The van der Waals surface area contributed by atoms with E-state index >= 15 is 0 Å². The second kappa shape index (κ2) is 7.59. The normalized spacial score (nSPS) is 19.8. The predicted molar refractivity (Wildman–Crippen MR) is 119 cm³/mol. The molecular weight excluding hydrogens is 509 g/mol. The van der Waals surface area contributed by atoms with Crippen molar-refractivity contribution < 1.29 is 12.6 Å². The van der Waals surface area contributed by atoms with Crippen molar-refractivity contribution in [2.24, 2.45) is 0 Å². The van der Waals surface area contributed by atoms with Gasteiger partial charge < -0.3 is 4.90 Å². The van der Waals surface area contributed by atoms with Crippen LogP contribution >= 0.6 is 33.9 Å². The fourth-order valence-electron chi connectivity index (χ4n) is 3.20. The van der Waals surface area contributed by atoms with E-state index < -0.39 is 10.1 Å². The highest BCUT2D eigenvalue weighted by atomic mass is 127. The summed E-state index contributed by atoms with van der Waals surface area (Å²) in [6, 6.07) is 15.7. The van der Waals surface area contributed by atoms with Crippen LogP contribution in [0, 0.1) is 11.3 Å². The first-order chi connectivity index (χ1) is 13.3. The Morgan fingerprint density at radius 3 is 2.64 bits per heavy atom. The number of hydrogen-bond donors (Lipinski definition) is 0. The Hall–Kier alpha value is -1.74. The van der Waals surface area contributed by atoms with Crippen LogP contribution in [0.15, 0.2) is 42.5 Å². The molecule has 2 unspecified atom stereocenters. The maximum atomic E-state index is 11.5. The lowest BCUT2D eigenvalue weighted by atomic mass is 10.0. The van der Waals surface area contributed by atoms with Crippen LogP contribution in [0.4, 0.5) is 5.13 Å². The molecule has 0 spiro atoms. The van der Waals surface area contributed by atoms with Crippen LogP contribution in [-0.2, 0) is 14.3 Å². The van der Waals surface area contributed by atoms with E-state index in [1.54, 1.807) is 11.3 Å². The van der Waals surface area contributed by atoms with Gasteiger partial charge in [-0.3, -0.25) is 4.18 Å². The average Bonchev–Trinajstić information content (AvgIpc) is 3.23. The molecule has 1 saturated heterocycles. The van der Waals surface area contributed by atoms with Crippen LogP contribution in [0.3, 0.4) is 0 Å². The van der Waals surface area contributed by atoms with E-state index in [9.17, 15) is 8.42 Å². The lowest BCUT2D eigenvalue weighted by Crippen LogP contribution is -2.31. The van der Waals surface area contributed by atoms with Crippen LogP contribution in [0.1, 0.15) is 12.0 Å². The molecule has 9 heteroatoms. The number of halogens is 1. The van der Waals surface area contributed by atoms with Gasteiger partial charge >= 0.3 is 0 Å². The number of alkyl halides is 1. The van der Waals surface area contributed by atoms with Crippen molar-refractivity contribution in [1.82, 2.24) is 4.98 Å². The maximum Gasteiger partial charge on any atom is 0.264 e. The minimum Gasteiger partial charge on any atom is -0.333 e. The van der Waals surface area contributed by atoms with E-state index in [4.69, 9.17) is 14.4 Å². The molecule has 2 heterocycles. The van der Waals surface area contributed by atoms with E-state index in [2.05, 4.69) is 39.6 Å². The van der Waals surface area contributed by atoms with Gasteiger partial charge in [0.25, 0.3) is 10.1 Å². The molecule has 1 aliphatic rings. The maximum absolute atomic E-state index is 11.5. The van der Waals surface area contributed by atoms with Crippen molar-refractivity contribution in [2.75, 3.05) is 17.7 Å². The van der Waals surface area contributed by atoms with Gasteiger partial charge in [-0.2, -0.15) is 13.7 Å². The highest BCUT2D eigenvalue weighted by Crippen LogP contribution is 2.38. The van der Waals surface area contributed by atoms with Gasteiger partial charge in [0.05, 0.1) is 28.1 Å². The lowest BCUT2D eigenvalue weighted by molar-refractivity contribution is 0.230. The van der Waals surface area contributed by atoms with E-state index in [1.165, 1.54) is 0 Å². The zero-order valence-corrected chi connectivity index (χ0v) is 18.7. The minimum atomic E-state index is -3.48. The van der Waals surface area contributed by atoms with Crippen molar-refractivity contribution >= 4 is 59.4 Å². The largest absolute Gasteiger partial charge is 0.333 e. The summed E-state index contributed by atoms with van der Waals surface area (Å²) in [7, 11) is -3.48. The number of thiazole rings is 1. The van der Waals surface area contributed by atoms with E-state index in [1.807, 2.05) is 36.4 Å². The molecule has 6 nitrogen and oxygen atoms in total. The van der Waals surface area contributed by atoms with Crippen LogP contribution in [0.25, 0.3) is 21.3 Å². The monoisotopic (exact) mass is 525 g/mol. The quantitative estimate of drug-likeness (QED) is 0.220. The molecule has 28 heavy (non-hydrogen) atoms. The summed E-state index contributed by atoms with van der Waals surface area (Å²) in [4.78, 5) is 6.83. The average molecular weight is 525 g/mol. The molecule has 3 aromatic rings. The predicted octanol–water partition coefficient (Wildman–Crippen LogP) is 4.15. The molecule has 1 fully saturated rings. The zero-order chi connectivity index (χ0) is 19.9. The van der Waals surface area contributed by atoms with Gasteiger partial charge in [0.2, 0.25) is 0 Å². The van der Waals surface area contributed by atoms with Crippen LogP contribution in [0.5, 0.6) is 0 Å². The molecule has 1 aromatic heterocycles. The van der Waals surface area contributed by atoms with Crippen molar-refractivity contribution in [3.8, 4) is 17.2 Å². The van der Waals surface area contributed by atoms with Gasteiger partial charge in [-0.1, -0.05) is 52.1 Å². The van der Waals surface area contributed by atoms with Gasteiger partial charge in [-0.05, 0) is 41.8 Å². The molecule has 0 N–H and O–H groups in total. The SMILES string of the molecule is CS(=O)(=O)OC1CCN(c2nc3ccc(-c4ccc(C#N)cc4)cc3s2)C1I. The molecule has 2 atom stereocenters. The summed E-state index contributed by atoms with van der Waals surface area (Å²) in [6.45, 7) is 0.704. The number of fused-ring (bicyclic) bond motifs is 1. The highest BCUT2D eigenvalue weighted by Gasteiger charge is 2.36. The summed E-state index contributed by atoms with van der Waals surface area (Å²) in [5.74, 6) is 0. The number of rotatable bonds is 4. The Morgan fingerprint density at radius 1 is 1.25 bits per heavy atom. The molecule has 144 valence electrons. The first kappa shape index (κ1) is 19.6. The molecule has 0 radical (unpaired) electrons. The molecule has 1 aliphatic heterocycles. The second-order valence-corrected chi connectivity index (χ2v) is 10.4. The van der Waals surface area contributed by atoms with E-state index in [-0.39, 0.29) is 10.2 Å². The summed E-state index contributed by atoms with van der Waals surface area (Å²) >= 11 is 3.81. The zero-order valence-electron chi connectivity index (χ0n) is 14.9. The number of benzene rings is 2. The Morgan fingerprint density at radius 2 is 1.96 bits per heavy atom. The summed E-state index contributed by atoms with van der Waals surface area (Å²) < 4.78 is 29.1. The number of hydrogen-bond acceptors (Lipinski definition) is 7. The van der Waals surface area contributed by atoms with Gasteiger partial charge in [-0.25, -0.2) is 4.98 Å². The molecule has 0 aliphatic carbocycles. The third kappa shape index (κ3) is 4.00. The minimum absolute atomic E-state index is 0.0918. The Balaban J connectivity index is 1.61. The van der Waals surface area contributed by atoms with Crippen LogP contribution in [0.2, 0.25) is 0 Å². The Labute approximate surface area is 181 Å². The topological polar surface area (TPSA) is 83.3 Å². The second-order valence-electron chi connectivity index (χ2n) is 6.56. The smallest absolute Gasteiger partial charge is 0.264 e. The van der Waals surface area contributed by atoms with E-state index in [0.29, 0.717) is 18.5 Å². The van der Waals surface area contributed by atoms with Gasteiger partial charge in [0, 0.05) is 6.54 Å². The van der Waals surface area contributed by atoms with E-state index in [0.717, 1.165) is 32.7 Å². The van der Waals surface area contributed by atoms with Crippen molar-refractivity contribution in [3.05, 3.63) is 48.0 Å². The number of nitriles is 1. The van der Waals surface area contributed by atoms with Crippen LogP contribution in [-0.4, -0.2) is 36.4 Å². The molecule has 2 aromatic carbocycles. The van der Waals surface area contributed by atoms with Crippen molar-refractivity contribution in [2.45, 2.75) is 16.6 Å². The van der Waals surface area contributed by atoms with Crippen molar-refractivity contribution in [1.29, 1.82) is 5.26 Å². The van der Waals surface area contributed by atoms with Gasteiger partial charge in [-0.15, -0.1) is 0 Å². The van der Waals surface area contributed by atoms with Crippen molar-refractivity contribution in [3.63, 3.8) is 0 Å². The lowest BCUT2D eigenvalue weighted by Gasteiger charge is -2.21. The number of anilines is 1. The third-order valence-electron chi connectivity index (χ3n) is 4.53. The molecule has 4 rings (SSSR count). The Bertz CT molecular complexity index is 1170. The standard InChI is InChI=1S/C19H16IN3O3S2/c1-28(24,25)26-16-8-9-23(18(16)20)19-22-15-7-6-14(10-17(15)27-19)13-4-2-12(11-21)3-5-13/h2-7,10,16,18H,8-9H2,1H3. The summed E-state index contributed by atoms with van der Waals surface area (Å²) in [6.07, 6.45) is 1.37. The fourth-order valence-corrected chi connectivity index (χ4v) is 6.35. The fraction of sp³-hybridized carbons (Fsp3) is 0.263. The van der Waals surface area contributed by atoms with Gasteiger partial charge in [0.15, 0.2) is 5.13 Å². The summed E-state index contributed by atoms with van der Waals surface area (Å²) in [5.41, 5.74) is 3.66. The van der Waals surface area contributed by atoms with Crippen LogP contribution < -0.4 is 4.90 Å². The number of nitrogens with zero attached hydrogens (tertiary/aromatic N) is 3. The highest BCUT2D eigenvalue weighted by molar-refractivity contribution is 14.1. The molecule has 0 saturated carbocycles. The summed E-state index contributed by atoms with van der Waals surface area (Å²) in [5, 5.41) is 9.81. The first-order valence-corrected chi connectivity index (χ1v) is 12.4. The van der Waals surface area contributed by atoms with Gasteiger partial charge in [0.1, 0.15) is 10.2 Å². The Kier molecular flexibility index (Phi) is 5.30. The third-order valence-corrected chi connectivity index (χ3v) is 7.65.